The minimum absolute atomic E-state index is 0.470. The third kappa shape index (κ3) is 3.67. The smallest absolute Gasteiger partial charge is 0.0714 e. The van der Waals surface area contributed by atoms with Gasteiger partial charge in [-0.25, -0.2) is 0 Å². The second kappa shape index (κ2) is 10.4. The number of hydrogen-bond acceptors (Lipinski definition) is 0. The summed E-state index contributed by atoms with van der Waals surface area (Å²) >= 11 is 0. The normalized spacial score (nSPS) is 13.2. The SMILES string of the molecule is c1ccc(-c2cccc(-n3c4ccccc4c4c5c(ccc43)C(c3ccccc3)(c3ccccc3)c3ccc4ccccc4c3-5)c2)cc1. The maximum absolute atomic E-state index is 2.47. The molecule has 0 atom stereocenters. The first-order chi connectivity index (χ1) is 23.8. The van der Waals surface area contributed by atoms with Crippen LogP contribution in [0.5, 0.6) is 0 Å². The van der Waals surface area contributed by atoms with Crippen molar-refractivity contribution < 1.29 is 0 Å². The summed E-state index contributed by atoms with van der Waals surface area (Å²) in [6.07, 6.45) is 0. The van der Waals surface area contributed by atoms with Crippen molar-refractivity contribution in [1.82, 2.24) is 4.57 Å². The minimum atomic E-state index is -0.470. The highest BCUT2D eigenvalue weighted by Crippen LogP contribution is 2.60. The second-order valence-electron chi connectivity index (χ2n) is 12.8. The lowest BCUT2D eigenvalue weighted by Crippen LogP contribution is -2.28. The maximum atomic E-state index is 2.47. The zero-order chi connectivity index (χ0) is 31.7. The molecule has 0 saturated heterocycles. The van der Waals surface area contributed by atoms with Gasteiger partial charge in [0, 0.05) is 16.5 Å². The van der Waals surface area contributed by atoms with Crippen molar-refractivity contribution in [3.05, 3.63) is 210 Å². The Morgan fingerprint density at radius 1 is 0.375 bits per heavy atom. The molecule has 1 aliphatic rings. The van der Waals surface area contributed by atoms with E-state index >= 15 is 0 Å². The molecule has 1 aliphatic carbocycles. The summed E-state index contributed by atoms with van der Waals surface area (Å²) in [5.41, 5.74) is 13.5. The third-order valence-electron chi connectivity index (χ3n) is 10.5. The van der Waals surface area contributed by atoms with E-state index in [1.165, 1.54) is 77.1 Å². The Morgan fingerprint density at radius 3 is 1.71 bits per heavy atom. The van der Waals surface area contributed by atoms with Crippen LogP contribution >= 0.6 is 0 Å². The topological polar surface area (TPSA) is 4.93 Å². The van der Waals surface area contributed by atoms with E-state index in [9.17, 15) is 0 Å². The molecule has 224 valence electrons. The maximum Gasteiger partial charge on any atom is 0.0714 e. The van der Waals surface area contributed by atoms with Gasteiger partial charge in [-0.05, 0) is 79.5 Å². The van der Waals surface area contributed by atoms with Crippen molar-refractivity contribution in [2.45, 2.75) is 5.41 Å². The van der Waals surface area contributed by atoms with Gasteiger partial charge < -0.3 is 4.57 Å². The Morgan fingerprint density at radius 2 is 0.958 bits per heavy atom. The molecule has 0 bridgehead atoms. The molecule has 1 aromatic heterocycles. The van der Waals surface area contributed by atoms with Gasteiger partial charge in [0.15, 0.2) is 0 Å². The van der Waals surface area contributed by atoms with Crippen molar-refractivity contribution in [2.24, 2.45) is 0 Å². The summed E-state index contributed by atoms with van der Waals surface area (Å²) in [5.74, 6) is 0. The molecule has 0 aliphatic heterocycles. The Balaban J connectivity index is 1.39. The fraction of sp³-hybridized carbons (Fsp3) is 0.0213. The molecular formula is C47H31N. The van der Waals surface area contributed by atoms with Crippen LogP contribution in [0, 0.1) is 0 Å². The van der Waals surface area contributed by atoms with Crippen LogP contribution < -0.4 is 0 Å². The number of para-hydroxylation sites is 1. The van der Waals surface area contributed by atoms with Gasteiger partial charge in [0.25, 0.3) is 0 Å². The highest BCUT2D eigenvalue weighted by molar-refractivity contribution is 6.21. The summed E-state index contributed by atoms with van der Waals surface area (Å²) in [7, 11) is 0. The second-order valence-corrected chi connectivity index (χ2v) is 12.8. The molecule has 10 rings (SSSR count). The Labute approximate surface area is 280 Å². The van der Waals surface area contributed by atoms with E-state index in [1.807, 2.05) is 0 Å². The average Bonchev–Trinajstić information content (AvgIpc) is 3.67. The van der Waals surface area contributed by atoms with Gasteiger partial charge in [0.05, 0.1) is 16.4 Å². The summed E-state index contributed by atoms with van der Waals surface area (Å²) in [4.78, 5) is 0. The van der Waals surface area contributed by atoms with E-state index in [1.54, 1.807) is 0 Å². The van der Waals surface area contributed by atoms with Gasteiger partial charge in [0.2, 0.25) is 0 Å². The van der Waals surface area contributed by atoms with Crippen LogP contribution in [0.2, 0.25) is 0 Å². The molecule has 0 saturated carbocycles. The van der Waals surface area contributed by atoms with Crippen molar-refractivity contribution in [2.75, 3.05) is 0 Å². The van der Waals surface area contributed by atoms with E-state index in [0.717, 1.165) is 5.69 Å². The molecule has 0 unspecified atom stereocenters. The molecule has 0 N–H and O–H groups in total. The number of rotatable bonds is 4. The molecule has 8 aromatic carbocycles. The van der Waals surface area contributed by atoms with Crippen LogP contribution in [0.1, 0.15) is 22.3 Å². The predicted octanol–water partition coefficient (Wildman–Crippen LogP) is 12.0. The van der Waals surface area contributed by atoms with Crippen LogP contribution in [0.25, 0.3) is 60.5 Å². The molecule has 1 nitrogen and oxygen atoms in total. The van der Waals surface area contributed by atoms with Crippen LogP contribution in [-0.2, 0) is 5.41 Å². The summed E-state index contributed by atoms with van der Waals surface area (Å²) in [6, 6.07) is 69.2. The third-order valence-corrected chi connectivity index (χ3v) is 10.5. The Kier molecular flexibility index (Phi) is 5.86. The first-order valence-electron chi connectivity index (χ1n) is 16.7. The largest absolute Gasteiger partial charge is 0.309 e. The number of fused-ring (bicyclic) bond motifs is 9. The molecule has 9 aromatic rings. The highest BCUT2D eigenvalue weighted by Gasteiger charge is 2.47. The van der Waals surface area contributed by atoms with Gasteiger partial charge in [-0.3, -0.25) is 0 Å². The van der Waals surface area contributed by atoms with E-state index in [2.05, 4.69) is 193 Å². The zero-order valence-corrected chi connectivity index (χ0v) is 26.3. The van der Waals surface area contributed by atoms with Gasteiger partial charge in [-0.15, -0.1) is 0 Å². The lowest BCUT2D eigenvalue weighted by Gasteiger charge is -2.34. The number of nitrogens with zero attached hydrogens (tertiary/aromatic N) is 1. The molecular weight excluding hydrogens is 579 g/mol. The fourth-order valence-corrected chi connectivity index (χ4v) is 8.53. The van der Waals surface area contributed by atoms with Crippen LogP contribution in [0.15, 0.2) is 188 Å². The number of benzene rings is 8. The van der Waals surface area contributed by atoms with Crippen molar-refractivity contribution in [3.63, 3.8) is 0 Å². The molecule has 0 amide bonds. The van der Waals surface area contributed by atoms with Crippen molar-refractivity contribution in [1.29, 1.82) is 0 Å². The summed E-state index contributed by atoms with van der Waals surface area (Å²) in [6.45, 7) is 0. The lowest BCUT2D eigenvalue weighted by molar-refractivity contribution is 0.769. The first-order valence-corrected chi connectivity index (χ1v) is 16.7. The van der Waals surface area contributed by atoms with Gasteiger partial charge in [0.1, 0.15) is 0 Å². The van der Waals surface area contributed by atoms with E-state index in [-0.39, 0.29) is 0 Å². The summed E-state index contributed by atoms with van der Waals surface area (Å²) < 4.78 is 2.47. The van der Waals surface area contributed by atoms with Crippen molar-refractivity contribution >= 4 is 32.6 Å². The number of aromatic nitrogens is 1. The Hall–Kier alpha value is -6.18. The lowest BCUT2D eigenvalue weighted by atomic mass is 9.67. The molecule has 1 heteroatoms. The van der Waals surface area contributed by atoms with E-state index < -0.39 is 5.41 Å². The summed E-state index contributed by atoms with van der Waals surface area (Å²) in [5, 5.41) is 5.13. The molecule has 48 heavy (non-hydrogen) atoms. The number of hydrogen-bond donors (Lipinski definition) is 0. The fourth-order valence-electron chi connectivity index (χ4n) is 8.53. The Bertz CT molecular complexity index is 2610. The average molecular weight is 610 g/mol. The molecule has 0 spiro atoms. The van der Waals surface area contributed by atoms with Crippen LogP contribution in [0.3, 0.4) is 0 Å². The molecule has 1 heterocycles. The van der Waals surface area contributed by atoms with E-state index in [0.29, 0.717) is 0 Å². The van der Waals surface area contributed by atoms with Crippen LogP contribution in [0.4, 0.5) is 0 Å². The predicted molar refractivity (Wildman–Crippen MR) is 201 cm³/mol. The van der Waals surface area contributed by atoms with Gasteiger partial charge in [-0.2, -0.15) is 0 Å². The van der Waals surface area contributed by atoms with Crippen LogP contribution in [-0.4, -0.2) is 4.57 Å². The highest BCUT2D eigenvalue weighted by atomic mass is 15.0. The van der Waals surface area contributed by atoms with Gasteiger partial charge in [-0.1, -0.05) is 164 Å². The van der Waals surface area contributed by atoms with Crippen molar-refractivity contribution in [3.8, 4) is 27.9 Å². The minimum Gasteiger partial charge on any atom is -0.309 e. The molecule has 0 fully saturated rings. The first kappa shape index (κ1) is 27.0. The monoisotopic (exact) mass is 609 g/mol. The quantitative estimate of drug-likeness (QED) is 0.187. The van der Waals surface area contributed by atoms with E-state index in [4.69, 9.17) is 0 Å². The zero-order valence-electron chi connectivity index (χ0n) is 26.3. The standard InChI is InChI=1S/C47H31N/c1-4-15-32(16-5-1)34-18-14-23-37(31-34)48-42-26-13-12-25-39(42)45-43(48)30-29-41-46(45)44-38-24-11-10-17-33(38)27-28-40(44)47(41,35-19-6-2-7-20-35)36-21-8-3-9-22-36/h1-31H. The van der Waals surface area contributed by atoms with Gasteiger partial charge >= 0.3 is 0 Å². The molecule has 0 radical (unpaired) electrons.